The van der Waals surface area contributed by atoms with Crippen LogP contribution in [0.5, 0.6) is 0 Å². The van der Waals surface area contributed by atoms with Gasteiger partial charge >= 0.3 is 12.1 Å². The van der Waals surface area contributed by atoms with Gasteiger partial charge in [-0.25, -0.2) is 9.59 Å². The summed E-state index contributed by atoms with van der Waals surface area (Å²) in [6.45, 7) is 0.108. The topological polar surface area (TPSA) is 110 Å². The van der Waals surface area contributed by atoms with E-state index < -0.39 is 24.0 Å². The zero-order valence-electron chi connectivity index (χ0n) is 18.1. The Kier molecular flexibility index (Phi) is 6.13. The molecule has 0 aliphatic heterocycles. The van der Waals surface area contributed by atoms with Crippen LogP contribution >= 0.6 is 0 Å². The molecule has 7 nitrogen and oxygen atoms in total. The molecule has 0 saturated heterocycles. The van der Waals surface area contributed by atoms with Gasteiger partial charge in [-0.1, -0.05) is 60.7 Å². The van der Waals surface area contributed by atoms with Crippen LogP contribution in [0.2, 0.25) is 0 Å². The van der Waals surface area contributed by atoms with E-state index in [4.69, 9.17) is 10.5 Å². The first kappa shape index (κ1) is 22.1. The monoisotopic (exact) mass is 444 g/mol. The molecule has 7 heteroatoms. The van der Waals surface area contributed by atoms with Crippen molar-refractivity contribution >= 4 is 18.0 Å². The third-order valence-corrected chi connectivity index (χ3v) is 6.04. The molecule has 0 fully saturated rings. The van der Waals surface area contributed by atoms with E-state index in [1.807, 2.05) is 48.5 Å². The molecule has 0 aromatic heterocycles. The number of primary amides is 1. The molecule has 0 radical (unpaired) electrons. The summed E-state index contributed by atoms with van der Waals surface area (Å²) in [5.41, 5.74) is 10.6. The van der Waals surface area contributed by atoms with Crippen molar-refractivity contribution in [2.24, 2.45) is 5.73 Å². The minimum Gasteiger partial charge on any atom is -0.480 e. The summed E-state index contributed by atoms with van der Waals surface area (Å²) in [6.07, 6.45) is -0.646. The van der Waals surface area contributed by atoms with Gasteiger partial charge in [-0.2, -0.15) is 0 Å². The number of hydrogen-bond acceptors (Lipinski definition) is 4. The molecule has 0 heterocycles. The third kappa shape index (κ3) is 4.43. The van der Waals surface area contributed by atoms with Gasteiger partial charge in [0.25, 0.3) is 0 Å². The normalized spacial score (nSPS) is 13.0. The van der Waals surface area contributed by atoms with Gasteiger partial charge in [-0.05, 0) is 39.9 Å². The van der Waals surface area contributed by atoms with E-state index in [-0.39, 0.29) is 18.9 Å². The second-order valence-corrected chi connectivity index (χ2v) is 8.03. The molecular formula is C26H24N2O5. The lowest BCUT2D eigenvalue weighted by atomic mass is 9.98. The van der Waals surface area contributed by atoms with Crippen LogP contribution in [0, 0.1) is 0 Å². The fourth-order valence-corrected chi connectivity index (χ4v) is 4.24. The Bertz CT molecular complexity index is 1160. The lowest BCUT2D eigenvalue weighted by molar-refractivity contribution is -0.142. The number of carboxylic acid groups (broad SMARTS) is 1. The molecule has 1 aliphatic carbocycles. The maximum Gasteiger partial charge on any atom is 0.410 e. The van der Waals surface area contributed by atoms with Gasteiger partial charge in [-0.3, -0.25) is 9.69 Å². The van der Waals surface area contributed by atoms with E-state index in [0.717, 1.165) is 27.2 Å². The van der Waals surface area contributed by atoms with E-state index in [9.17, 15) is 19.5 Å². The van der Waals surface area contributed by atoms with Crippen LogP contribution < -0.4 is 5.73 Å². The Labute approximate surface area is 191 Å². The predicted octanol–water partition coefficient (Wildman–Crippen LogP) is 3.66. The largest absolute Gasteiger partial charge is 0.480 e. The average molecular weight is 444 g/mol. The van der Waals surface area contributed by atoms with E-state index in [1.54, 1.807) is 12.1 Å². The Balaban J connectivity index is 1.46. The average Bonchev–Trinajstić information content (AvgIpc) is 3.14. The van der Waals surface area contributed by atoms with Crippen LogP contribution in [0.3, 0.4) is 0 Å². The van der Waals surface area contributed by atoms with E-state index in [1.165, 1.54) is 19.2 Å². The highest BCUT2D eigenvalue weighted by molar-refractivity contribution is 5.92. The number of likely N-dealkylation sites (N-methyl/N-ethyl adjacent to an activating group) is 1. The Morgan fingerprint density at radius 3 is 2.00 bits per heavy atom. The maximum atomic E-state index is 12.8. The Morgan fingerprint density at radius 1 is 0.939 bits per heavy atom. The van der Waals surface area contributed by atoms with Gasteiger partial charge in [0.15, 0.2) is 0 Å². The quantitative estimate of drug-likeness (QED) is 0.578. The highest BCUT2D eigenvalue weighted by atomic mass is 16.6. The fraction of sp³-hybridized carbons (Fsp3) is 0.192. The van der Waals surface area contributed by atoms with Crippen LogP contribution in [-0.2, 0) is 16.0 Å². The summed E-state index contributed by atoms with van der Waals surface area (Å²) in [5, 5.41) is 9.71. The third-order valence-electron chi connectivity index (χ3n) is 6.04. The first-order chi connectivity index (χ1) is 15.9. The fourth-order valence-electron chi connectivity index (χ4n) is 4.24. The van der Waals surface area contributed by atoms with Gasteiger partial charge in [0.1, 0.15) is 12.6 Å². The van der Waals surface area contributed by atoms with Crippen LogP contribution in [0.25, 0.3) is 11.1 Å². The number of carbonyl (C=O) groups is 3. The maximum absolute atomic E-state index is 12.8. The minimum atomic E-state index is -1.15. The van der Waals surface area contributed by atoms with Gasteiger partial charge in [0.2, 0.25) is 5.91 Å². The van der Waals surface area contributed by atoms with E-state index in [2.05, 4.69) is 0 Å². The number of hydrogen-bond donors (Lipinski definition) is 2. The number of fused-ring (bicyclic) bond motifs is 3. The molecule has 3 N–H and O–H groups in total. The highest BCUT2D eigenvalue weighted by Crippen LogP contribution is 2.44. The standard InChI is InChI=1S/C26H24N2O5/c1-28(23(25(30)31)14-16-10-12-17(13-11-16)24(27)29)26(32)33-15-22-20-8-4-2-6-18(20)19-7-3-5-9-21(19)22/h2-13,22-23H,14-15H2,1H3,(H2,27,29)(H,30,31)/t23-/m1/s1. The SMILES string of the molecule is CN(C(=O)OCC1c2ccccc2-c2ccccc21)[C@H](Cc1ccc(C(N)=O)cc1)C(=O)O. The summed E-state index contributed by atoms with van der Waals surface area (Å²) in [4.78, 5) is 37.0. The van der Waals surface area contributed by atoms with Crippen molar-refractivity contribution in [3.63, 3.8) is 0 Å². The highest BCUT2D eigenvalue weighted by Gasteiger charge is 2.32. The molecular weight excluding hydrogens is 420 g/mol. The second kappa shape index (κ2) is 9.16. The number of carbonyl (C=O) groups excluding carboxylic acids is 2. The van der Waals surface area contributed by atoms with Crippen molar-refractivity contribution in [3.05, 3.63) is 95.1 Å². The van der Waals surface area contributed by atoms with Crippen molar-refractivity contribution in [2.45, 2.75) is 18.4 Å². The lowest BCUT2D eigenvalue weighted by Gasteiger charge is -2.25. The van der Waals surface area contributed by atoms with Gasteiger partial charge in [0.05, 0.1) is 0 Å². The first-order valence-corrected chi connectivity index (χ1v) is 10.6. The molecule has 0 spiro atoms. The summed E-state index contributed by atoms with van der Waals surface area (Å²) in [7, 11) is 1.41. The molecule has 0 saturated carbocycles. The van der Waals surface area contributed by atoms with Crippen LogP contribution in [0.1, 0.15) is 33.0 Å². The number of ether oxygens (including phenoxy) is 1. The van der Waals surface area contributed by atoms with Crippen LogP contribution in [0.4, 0.5) is 4.79 Å². The molecule has 0 unspecified atom stereocenters. The van der Waals surface area contributed by atoms with Gasteiger partial charge < -0.3 is 15.6 Å². The van der Waals surface area contributed by atoms with Crippen molar-refractivity contribution in [1.29, 1.82) is 0 Å². The summed E-state index contributed by atoms with van der Waals surface area (Å²) < 4.78 is 5.58. The Hall–Kier alpha value is -4.13. The predicted molar refractivity (Wildman–Crippen MR) is 123 cm³/mol. The lowest BCUT2D eigenvalue weighted by Crippen LogP contribution is -2.44. The number of nitrogens with zero attached hydrogens (tertiary/aromatic N) is 1. The minimum absolute atomic E-state index is 0.0646. The summed E-state index contributed by atoms with van der Waals surface area (Å²) in [6, 6.07) is 21.2. The van der Waals surface area contributed by atoms with Crippen molar-refractivity contribution in [2.75, 3.05) is 13.7 Å². The van der Waals surface area contributed by atoms with Crippen LogP contribution in [0.15, 0.2) is 72.8 Å². The van der Waals surface area contributed by atoms with Crippen LogP contribution in [-0.4, -0.2) is 47.7 Å². The molecule has 3 aromatic carbocycles. The number of nitrogens with two attached hydrogens (primary N) is 1. The molecule has 2 amide bonds. The van der Waals surface area contributed by atoms with E-state index >= 15 is 0 Å². The summed E-state index contributed by atoms with van der Waals surface area (Å²) in [5.74, 6) is -1.82. The molecule has 1 aliphatic rings. The smallest absolute Gasteiger partial charge is 0.410 e. The van der Waals surface area contributed by atoms with Gasteiger partial charge in [-0.15, -0.1) is 0 Å². The second-order valence-electron chi connectivity index (χ2n) is 8.03. The molecule has 3 aromatic rings. The van der Waals surface area contributed by atoms with Crippen molar-refractivity contribution < 1.29 is 24.2 Å². The number of rotatable bonds is 7. The van der Waals surface area contributed by atoms with Crippen molar-refractivity contribution in [3.8, 4) is 11.1 Å². The molecule has 4 rings (SSSR count). The Morgan fingerprint density at radius 2 is 1.48 bits per heavy atom. The number of carboxylic acids is 1. The van der Waals surface area contributed by atoms with Crippen molar-refractivity contribution in [1.82, 2.24) is 4.90 Å². The van der Waals surface area contributed by atoms with E-state index in [0.29, 0.717) is 11.1 Å². The number of benzene rings is 3. The molecule has 1 atom stereocenters. The first-order valence-electron chi connectivity index (χ1n) is 10.6. The zero-order valence-corrected chi connectivity index (χ0v) is 18.1. The molecule has 0 bridgehead atoms. The number of amides is 2. The van der Waals surface area contributed by atoms with Gasteiger partial charge in [0, 0.05) is 24.9 Å². The number of aliphatic carboxylic acids is 1. The summed E-state index contributed by atoms with van der Waals surface area (Å²) >= 11 is 0. The molecule has 168 valence electrons. The molecule has 33 heavy (non-hydrogen) atoms. The zero-order chi connectivity index (χ0) is 23.5.